The van der Waals surface area contributed by atoms with E-state index in [2.05, 4.69) is 15.5 Å². The van der Waals surface area contributed by atoms with Crippen molar-refractivity contribution in [2.24, 2.45) is 0 Å². The maximum Gasteiger partial charge on any atom is 0.258 e. The number of methoxy groups -OCH3 is 1. The molecule has 1 unspecified atom stereocenters. The van der Waals surface area contributed by atoms with Gasteiger partial charge in [0, 0.05) is 7.11 Å². The van der Waals surface area contributed by atoms with Crippen molar-refractivity contribution >= 4 is 0 Å². The molecule has 0 spiro atoms. The van der Waals surface area contributed by atoms with E-state index >= 15 is 0 Å². The summed E-state index contributed by atoms with van der Waals surface area (Å²) in [5.74, 6) is 1.29. The third-order valence-corrected chi connectivity index (χ3v) is 3.09. The van der Waals surface area contributed by atoms with Gasteiger partial charge in [0.1, 0.15) is 5.60 Å². The van der Waals surface area contributed by atoms with Gasteiger partial charge in [-0.1, -0.05) is 11.6 Å². The van der Waals surface area contributed by atoms with Crippen LogP contribution >= 0.6 is 0 Å². The Morgan fingerprint density at radius 3 is 2.88 bits per heavy atom. The minimum absolute atomic E-state index is 0.235. The molecule has 5 heteroatoms. The quantitative estimate of drug-likeness (QED) is 0.849. The predicted octanol–water partition coefficient (Wildman–Crippen LogP) is 1.77. The summed E-state index contributed by atoms with van der Waals surface area (Å²) in [6.45, 7) is 4.86. The van der Waals surface area contributed by atoms with Crippen molar-refractivity contribution in [3.8, 4) is 0 Å². The van der Waals surface area contributed by atoms with Crippen LogP contribution < -0.4 is 5.32 Å². The average molecular weight is 225 g/mol. The second-order valence-electron chi connectivity index (χ2n) is 4.67. The molecule has 0 saturated carbocycles. The van der Waals surface area contributed by atoms with Crippen molar-refractivity contribution in [2.75, 3.05) is 13.7 Å². The third kappa shape index (κ3) is 2.25. The molecular formula is C11H19N3O2. The van der Waals surface area contributed by atoms with Gasteiger partial charge in [-0.15, -0.1) is 0 Å². The van der Waals surface area contributed by atoms with Crippen LogP contribution in [-0.2, 0) is 10.3 Å². The van der Waals surface area contributed by atoms with E-state index in [4.69, 9.17) is 9.26 Å². The Hall–Kier alpha value is -0.940. The maximum absolute atomic E-state index is 5.31. The molecule has 0 aromatic carbocycles. The summed E-state index contributed by atoms with van der Waals surface area (Å²) in [7, 11) is 1.64. The van der Waals surface area contributed by atoms with Crippen molar-refractivity contribution < 1.29 is 9.26 Å². The summed E-state index contributed by atoms with van der Waals surface area (Å²) >= 11 is 0. The first-order valence-electron chi connectivity index (χ1n) is 5.76. The van der Waals surface area contributed by atoms with E-state index in [0.717, 1.165) is 18.8 Å². The molecule has 1 aliphatic heterocycles. The molecule has 0 aliphatic carbocycles. The highest BCUT2D eigenvalue weighted by Crippen LogP contribution is 2.25. The predicted molar refractivity (Wildman–Crippen MR) is 58.9 cm³/mol. The fourth-order valence-electron chi connectivity index (χ4n) is 1.78. The van der Waals surface area contributed by atoms with Gasteiger partial charge in [-0.25, -0.2) is 0 Å². The molecule has 1 N–H and O–H groups in total. The van der Waals surface area contributed by atoms with Gasteiger partial charge >= 0.3 is 0 Å². The van der Waals surface area contributed by atoms with Crippen molar-refractivity contribution in [2.45, 2.75) is 44.8 Å². The van der Waals surface area contributed by atoms with E-state index in [1.54, 1.807) is 7.11 Å². The van der Waals surface area contributed by atoms with Crippen LogP contribution in [0.15, 0.2) is 4.52 Å². The lowest BCUT2D eigenvalue weighted by molar-refractivity contribution is -0.00786. The number of nitrogens with one attached hydrogen (secondary N) is 1. The summed E-state index contributed by atoms with van der Waals surface area (Å²) in [6.07, 6.45) is 3.52. The van der Waals surface area contributed by atoms with Crippen LogP contribution in [0.4, 0.5) is 0 Å². The average Bonchev–Trinajstić information content (AvgIpc) is 2.80. The fourth-order valence-corrected chi connectivity index (χ4v) is 1.78. The van der Waals surface area contributed by atoms with E-state index in [-0.39, 0.29) is 6.04 Å². The van der Waals surface area contributed by atoms with Gasteiger partial charge in [0.05, 0.1) is 6.04 Å². The molecule has 1 aliphatic rings. The zero-order valence-electron chi connectivity index (χ0n) is 10.1. The molecule has 2 heterocycles. The van der Waals surface area contributed by atoms with Gasteiger partial charge in [0.2, 0.25) is 0 Å². The van der Waals surface area contributed by atoms with E-state index < -0.39 is 5.60 Å². The zero-order chi connectivity index (χ0) is 11.6. The number of nitrogens with zero attached hydrogens (tertiary/aromatic N) is 2. The number of rotatable bonds is 3. The molecule has 1 aromatic rings. The van der Waals surface area contributed by atoms with Crippen molar-refractivity contribution in [3.63, 3.8) is 0 Å². The van der Waals surface area contributed by atoms with Crippen LogP contribution in [0.1, 0.15) is 50.9 Å². The van der Waals surface area contributed by atoms with Gasteiger partial charge in [0.25, 0.3) is 5.89 Å². The van der Waals surface area contributed by atoms with Crippen LogP contribution in [0.5, 0.6) is 0 Å². The SMILES string of the molecule is COC(C)(C)c1nc(C2CCCCN2)no1. The number of aromatic nitrogens is 2. The van der Waals surface area contributed by atoms with Crippen LogP contribution in [0.2, 0.25) is 0 Å². The summed E-state index contributed by atoms with van der Waals surface area (Å²) in [5.41, 5.74) is -0.514. The summed E-state index contributed by atoms with van der Waals surface area (Å²) < 4.78 is 10.6. The van der Waals surface area contributed by atoms with Gasteiger partial charge in [0.15, 0.2) is 5.82 Å². The topological polar surface area (TPSA) is 60.2 Å². The highest BCUT2D eigenvalue weighted by Gasteiger charge is 2.29. The normalized spacial score (nSPS) is 22.3. The Morgan fingerprint density at radius 1 is 1.44 bits per heavy atom. The van der Waals surface area contributed by atoms with Crippen LogP contribution in [-0.4, -0.2) is 23.8 Å². The largest absolute Gasteiger partial charge is 0.369 e. The highest BCUT2D eigenvalue weighted by atomic mass is 16.5. The monoisotopic (exact) mass is 225 g/mol. The first-order valence-corrected chi connectivity index (χ1v) is 5.76. The number of hydrogen-bond donors (Lipinski definition) is 1. The van der Waals surface area contributed by atoms with Crippen molar-refractivity contribution in [1.29, 1.82) is 0 Å². The molecule has 1 atom stereocenters. The van der Waals surface area contributed by atoms with Crippen LogP contribution in [0.25, 0.3) is 0 Å². The number of piperidine rings is 1. The van der Waals surface area contributed by atoms with Crippen molar-refractivity contribution in [3.05, 3.63) is 11.7 Å². The molecule has 16 heavy (non-hydrogen) atoms. The zero-order valence-corrected chi connectivity index (χ0v) is 10.1. The Bertz CT molecular complexity index is 343. The van der Waals surface area contributed by atoms with Crippen LogP contribution in [0.3, 0.4) is 0 Å². The Balaban J connectivity index is 2.12. The minimum Gasteiger partial charge on any atom is -0.369 e. The summed E-state index contributed by atoms with van der Waals surface area (Å²) in [4.78, 5) is 4.41. The van der Waals surface area contributed by atoms with Gasteiger partial charge < -0.3 is 14.6 Å². The van der Waals surface area contributed by atoms with Gasteiger partial charge in [-0.2, -0.15) is 4.98 Å². The Kier molecular flexibility index (Phi) is 3.25. The molecule has 0 radical (unpaired) electrons. The standard InChI is InChI=1S/C11H19N3O2/c1-11(2,15-3)10-13-9(14-16-10)8-6-4-5-7-12-8/h8,12H,4-7H2,1-3H3. The first-order chi connectivity index (χ1) is 7.63. The lowest BCUT2D eigenvalue weighted by Gasteiger charge is -2.20. The van der Waals surface area contributed by atoms with Crippen LogP contribution in [0, 0.1) is 0 Å². The molecule has 2 rings (SSSR count). The molecule has 1 fully saturated rings. The summed E-state index contributed by atoms with van der Waals surface area (Å²) in [6, 6.07) is 0.235. The summed E-state index contributed by atoms with van der Waals surface area (Å²) in [5, 5.41) is 7.42. The number of hydrogen-bond acceptors (Lipinski definition) is 5. The third-order valence-electron chi connectivity index (χ3n) is 3.09. The maximum atomic E-state index is 5.31. The first kappa shape index (κ1) is 11.5. The lowest BCUT2D eigenvalue weighted by atomic mass is 10.0. The Labute approximate surface area is 95.6 Å². The molecule has 1 aromatic heterocycles. The second kappa shape index (κ2) is 4.51. The van der Waals surface area contributed by atoms with Crippen molar-refractivity contribution in [1.82, 2.24) is 15.5 Å². The van der Waals surface area contributed by atoms with E-state index in [1.165, 1.54) is 12.8 Å². The highest BCUT2D eigenvalue weighted by molar-refractivity contribution is 5.00. The minimum atomic E-state index is -0.514. The molecule has 5 nitrogen and oxygen atoms in total. The molecule has 0 amide bonds. The molecular weight excluding hydrogens is 206 g/mol. The van der Waals surface area contributed by atoms with E-state index in [1.807, 2.05) is 13.8 Å². The molecule has 1 saturated heterocycles. The van der Waals surface area contributed by atoms with E-state index in [9.17, 15) is 0 Å². The smallest absolute Gasteiger partial charge is 0.258 e. The fraction of sp³-hybridized carbons (Fsp3) is 0.818. The Morgan fingerprint density at radius 2 is 2.25 bits per heavy atom. The number of ether oxygens (including phenoxy) is 1. The van der Waals surface area contributed by atoms with E-state index in [0.29, 0.717) is 5.89 Å². The van der Waals surface area contributed by atoms with Gasteiger partial charge in [-0.3, -0.25) is 0 Å². The lowest BCUT2D eigenvalue weighted by Crippen LogP contribution is -2.28. The molecule has 0 bridgehead atoms. The van der Waals surface area contributed by atoms with Gasteiger partial charge in [-0.05, 0) is 33.2 Å². The molecule has 90 valence electrons. The second-order valence-corrected chi connectivity index (χ2v) is 4.67.